The first-order chi connectivity index (χ1) is 12.7. The molecule has 0 saturated carbocycles. The summed E-state index contributed by atoms with van der Waals surface area (Å²) in [4.78, 5) is 15.3. The van der Waals surface area contributed by atoms with Crippen LogP contribution >= 0.6 is 11.6 Å². The zero-order valence-corrected chi connectivity index (χ0v) is 16.8. The lowest BCUT2D eigenvalue weighted by Crippen LogP contribution is -2.22. The van der Waals surface area contributed by atoms with Crippen molar-refractivity contribution >= 4 is 38.9 Å². The summed E-state index contributed by atoms with van der Waals surface area (Å²) in [7, 11) is -3.56. The van der Waals surface area contributed by atoms with Gasteiger partial charge >= 0.3 is 0 Å². The van der Waals surface area contributed by atoms with E-state index in [2.05, 4.69) is 14.7 Å². The molecule has 0 spiro atoms. The largest absolute Gasteiger partial charge is 0.343 e. The van der Waals surface area contributed by atoms with Crippen molar-refractivity contribution in [3.8, 4) is 0 Å². The minimum Gasteiger partial charge on any atom is -0.343 e. The van der Waals surface area contributed by atoms with Crippen LogP contribution in [0.2, 0.25) is 5.15 Å². The van der Waals surface area contributed by atoms with E-state index in [4.69, 9.17) is 11.6 Å². The van der Waals surface area contributed by atoms with Gasteiger partial charge in [0.25, 0.3) is 21.9 Å². The molecule has 152 valence electrons. The smallest absolute Gasteiger partial charge is 0.286 e. The molecule has 0 aliphatic carbocycles. The van der Waals surface area contributed by atoms with E-state index in [1.807, 2.05) is 0 Å². The van der Waals surface area contributed by atoms with Crippen LogP contribution in [0.3, 0.4) is 0 Å². The molecular weight excluding hydrogens is 421 g/mol. The second kappa shape index (κ2) is 7.55. The quantitative estimate of drug-likeness (QED) is 0.572. The van der Waals surface area contributed by atoms with Gasteiger partial charge in [0.15, 0.2) is 5.82 Å². The molecule has 1 amide bonds. The second-order valence-corrected chi connectivity index (χ2v) is 8.04. The summed E-state index contributed by atoms with van der Waals surface area (Å²) in [6.07, 6.45) is 0.787. The molecule has 0 saturated heterocycles. The SMILES string of the molecule is C/C(=N\S(=O)(=O)c1cn(C)c(C(=O)Nc2cc(C)nc(Cl)c2)c1F)C(C)(F)F. The molecule has 12 heteroatoms. The summed E-state index contributed by atoms with van der Waals surface area (Å²) in [6.45, 7) is 2.89. The van der Waals surface area contributed by atoms with E-state index in [-0.39, 0.29) is 10.8 Å². The van der Waals surface area contributed by atoms with Crippen molar-refractivity contribution in [3.63, 3.8) is 0 Å². The number of aromatic nitrogens is 2. The molecule has 1 N–H and O–H groups in total. The van der Waals surface area contributed by atoms with Crippen molar-refractivity contribution in [2.75, 3.05) is 5.32 Å². The molecule has 0 aliphatic heterocycles. The number of alkyl halides is 2. The fourth-order valence-electron chi connectivity index (χ4n) is 2.21. The fourth-order valence-corrected chi connectivity index (χ4v) is 3.69. The maximum Gasteiger partial charge on any atom is 0.286 e. The molecule has 2 heterocycles. The molecule has 2 rings (SSSR count). The second-order valence-electron chi connectivity index (χ2n) is 6.08. The number of pyridine rings is 1. The summed E-state index contributed by atoms with van der Waals surface area (Å²) >= 11 is 5.79. The molecular formula is C16H16ClF3N4O3S. The maximum absolute atomic E-state index is 14.7. The number of hydrogen-bond acceptors (Lipinski definition) is 4. The van der Waals surface area contributed by atoms with E-state index >= 15 is 0 Å². The number of sulfonamides is 1. The van der Waals surface area contributed by atoms with Crippen molar-refractivity contribution in [1.82, 2.24) is 9.55 Å². The van der Waals surface area contributed by atoms with E-state index in [0.717, 1.165) is 17.7 Å². The molecule has 0 fully saturated rings. The number of carbonyl (C=O) groups is 1. The third-order valence-corrected chi connectivity index (χ3v) is 5.20. The van der Waals surface area contributed by atoms with Crippen LogP contribution in [0.5, 0.6) is 0 Å². The Morgan fingerprint density at radius 3 is 2.50 bits per heavy atom. The number of nitrogens with one attached hydrogen (secondary N) is 1. The van der Waals surface area contributed by atoms with Gasteiger partial charge in [-0.2, -0.15) is 12.8 Å². The molecule has 2 aromatic rings. The number of nitrogens with zero attached hydrogens (tertiary/aromatic N) is 3. The molecule has 2 aromatic heterocycles. The number of carbonyl (C=O) groups excluding carboxylic acids is 1. The number of anilines is 1. The van der Waals surface area contributed by atoms with Gasteiger partial charge in [0, 0.05) is 31.5 Å². The molecule has 0 atom stereocenters. The monoisotopic (exact) mass is 436 g/mol. The third-order valence-electron chi connectivity index (χ3n) is 3.65. The Kier molecular flexibility index (Phi) is 5.90. The van der Waals surface area contributed by atoms with E-state index < -0.39 is 44.0 Å². The number of amides is 1. The highest BCUT2D eigenvalue weighted by Gasteiger charge is 2.32. The Hall–Kier alpha value is -2.40. The van der Waals surface area contributed by atoms with Crippen molar-refractivity contribution in [1.29, 1.82) is 0 Å². The van der Waals surface area contributed by atoms with Gasteiger partial charge in [0.05, 0.1) is 5.71 Å². The Balaban J connectivity index is 2.44. The molecule has 0 bridgehead atoms. The normalized spacial score (nSPS) is 12.9. The summed E-state index contributed by atoms with van der Waals surface area (Å²) < 4.78 is 69.4. The predicted octanol–water partition coefficient (Wildman–Crippen LogP) is 3.58. The van der Waals surface area contributed by atoms with Crippen molar-refractivity contribution < 1.29 is 26.4 Å². The number of rotatable bonds is 5. The van der Waals surface area contributed by atoms with Crippen LogP contribution in [0.15, 0.2) is 27.6 Å². The zero-order chi connectivity index (χ0) is 21.4. The zero-order valence-electron chi connectivity index (χ0n) is 15.2. The summed E-state index contributed by atoms with van der Waals surface area (Å²) in [5.41, 5.74) is -0.931. The standard InChI is InChI=1S/C16H16ClF3N4O3S/c1-8-5-10(6-12(17)21-8)22-15(25)14-13(18)11(7-24(14)4)28(26,27)23-9(2)16(3,19)20/h5-7H,1-4H3,(H,21,22,25)/b23-9+. The first-order valence-electron chi connectivity index (χ1n) is 7.72. The van der Waals surface area contributed by atoms with Crippen molar-refractivity contribution in [3.05, 3.63) is 40.7 Å². The molecule has 7 nitrogen and oxygen atoms in total. The average Bonchev–Trinajstić information content (AvgIpc) is 2.80. The average molecular weight is 437 g/mol. The minimum absolute atomic E-state index is 0.0937. The summed E-state index contributed by atoms with van der Waals surface area (Å²) in [5, 5.41) is 2.47. The van der Waals surface area contributed by atoms with Gasteiger partial charge in [-0.15, -0.1) is 0 Å². The number of aryl methyl sites for hydroxylation is 2. The first-order valence-corrected chi connectivity index (χ1v) is 9.54. The third kappa shape index (κ3) is 4.71. The Morgan fingerprint density at radius 1 is 1.36 bits per heavy atom. The van der Waals surface area contributed by atoms with Gasteiger partial charge in [-0.05, 0) is 26.0 Å². The predicted molar refractivity (Wildman–Crippen MR) is 98.2 cm³/mol. The highest BCUT2D eigenvalue weighted by Crippen LogP contribution is 2.25. The van der Waals surface area contributed by atoms with Gasteiger partial charge in [-0.1, -0.05) is 11.6 Å². The Morgan fingerprint density at radius 2 is 1.96 bits per heavy atom. The number of hydrogen-bond donors (Lipinski definition) is 1. The van der Waals surface area contributed by atoms with Crippen molar-refractivity contribution in [2.45, 2.75) is 31.6 Å². The van der Waals surface area contributed by atoms with E-state index in [0.29, 0.717) is 12.6 Å². The van der Waals surface area contributed by atoms with Crippen LogP contribution in [-0.4, -0.2) is 35.5 Å². The van der Waals surface area contributed by atoms with Crippen LogP contribution in [0.1, 0.15) is 30.0 Å². The minimum atomic E-state index is -4.79. The van der Waals surface area contributed by atoms with Gasteiger partial charge < -0.3 is 9.88 Å². The molecule has 0 aliphatic rings. The van der Waals surface area contributed by atoms with Gasteiger partial charge in [-0.25, -0.2) is 18.2 Å². The van der Waals surface area contributed by atoms with Gasteiger partial charge in [0.1, 0.15) is 15.7 Å². The van der Waals surface area contributed by atoms with Crippen LogP contribution in [0.4, 0.5) is 18.9 Å². The highest BCUT2D eigenvalue weighted by molar-refractivity contribution is 7.90. The van der Waals surface area contributed by atoms with Crippen molar-refractivity contribution in [2.24, 2.45) is 11.4 Å². The molecule has 0 radical (unpaired) electrons. The van der Waals surface area contributed by atoms with Crippen LogP contribution in [0.25, 0.3) is 0 Å². The van der Waals surface area contributed by atoms with Gasteiger partial charge in [0.2, 0.25) is 0 Å². The lowest BCUT2D eigenvalue weighted by atomic mass is 10.3. The maximum atomic E-state index is 14.7. The Bertz CT molecular complexity index is 1060. The molecule has 28 heavy (non-hydrogen) atoms. The molecule has 0 unspecified atom stereocenters. The van der Waals surface area contributed by atoms with E-state index in [1.165, 1.54) is 19.2 Å². The lowest BCUT2D eigenvalue weighted by Gasteiger charge is -2.09. The van der Waals surface area contributed by atoms with Gasteiger partial charge in [-0.3, -0.25) is 4.79 Å². The first kappa shape index (κ1) is 21.9. The Labute approximate surface area is 164 Å². The van der Waals surface area contributed by atoms with Crippen LogP contribution in [-0.2, 0) is 17.1 Å². The van der Waals surface area contributed by atoms with Crippen LogP contribution in [0, 0.1) is 12.7 Å². The fraction of sp³-hybridized carbons (Fsp3) is 0.312. The number of halogens is 4. The summed E-state index contributed by atoms with van der Waals surface area (Å²) in [6, 6.07) is 2.79. The highest BCUT2D eigenvalue weighted by atomic mass is 35.5. The lowest BCUT2D eigenvalue weighted by molar-refractivity contribution is 0.0996. The summed E-state index contributed by atoms with van der Waals surface area (Å²) in [5.74, 6) is -5.88. The van der Waals surface area contributed by atoms with E-state index in [1.54, 1.807) is 6.92 Å². The van der Waals surface area contributed by atoms with E-state index in [9.17, 15) is 26.4 Å². The van der Waals surface area contributed by atoms with Crippen LogP contribution < -0.4 is 5.32 Å². The molecule has 0 aromatic carbocycles. The topological polar surface area (TPSA) is 93.4 Å².